The second kappa shape index (κ2) is 8.84. The average Bonchev–Trinajstić information content (AvgIpc) is 2.63. The van der Waals surface area contributed by atoms with Crippen LogP contribution in [0, 0.1) is 0 Å². The minimum atomic E-state index is -0.564. The van der Waals surface area contributed by atoms with Gasteiger partial charge in [0.25, 0.3) is 0 Å². The third-order valence-electron chi connectivity index (χ3n) is 3.52. The molecule has 2 atom stereocenters. The molecule has 2 rings (SSSR count). The van der Waals surface area contributed by atoms with E-state index >= 15 is 0 Å². The molecule has 0 bridgehead atoms. The van der Waals surface area contributed by atoms with Gasteiger partial charge in [0.05, 0.1) is 11.1 Å². The van der Waals surface area contributed by atoms with E-state index in [0.29, 0.717) is 11.1 Å². The van der Waals surface area contributed by atoms with Crippen molar-refractivity contribution < 1.29 is 23.8 Å². The Kier molecular flexibility index (Phi) is 6.51. The number of rotatable bonds is 7. The fourth-order valence-corrected chi connectivity index (χ4v) is 2.10. The van der Waals surface area contributed by atoms with E-state index in [1.54, 1.807) is 55.5 Å². The molecule has 0 heterocycles. The quantitative estimate of drug-likeness (QED) is 0.731. The van der Waals surface area contributed by atoms with E-state index in [1.165, 1.54) is 7.11 Å². The highest BCUT2D eigenvalue weighted by Crippen LogP contribution is 2.10. The zero-order chi connectivity index (χ0) is 17.4. The third-order valence-corrected chi connectivity index (χ3v) is 3.52. The van der Waals surface area contributed by atoms with Crippen LogP contribution in [0.1, 0.15) is 27.6 Å². The van der Waals surface area contributed by atoms with E-state index in [1.807, 2.05) is 12.1 Å². The first-order valence-electron chi connectivity index (χ1n) is 7.63. The molecule has 0 saturated heterocycles. The van der Waals surface area contributed by atoms with Crippen LogP contribution in [0.2, 0.25) is 0 Å². The van der Waals surface area contributed by atoms with Gasteiger partial charge >= 0.3 is 11.9 Å². The van der Waals surface area contributed by atoms with E-state index in [2.05, 4.69) is 0 Å². The van der Waals surface area contributed by atoms with Crippen LogP contribution >= 0.6 is 0 Å². The smallest absolute Gasteiger partial charge is 0.338 e. The van der Waals surface area contributed by atoms with Crippen molar-refractivity contribution in [2.75, 3.05) is 13.7 Å². The van der Waals surface area contributed by atoms with Gasteiger partial charge in [-0.3, -0.25) is 0 Å². The number of benzene rings is 2. The molecule has 0 spiro atoms. The number of hydrogen-bond acceptors (Lipinski definition) is 5. The summed E-state index contributed by atoms with van der Waals surface area (Å²) < 4.78 is 15.9. The molecule has 0 radical (unpaired) electrons. The van der Waals surface area contributed by atoms with Crippen LogP contribution in [0.25, 0.3) is 0 Å². The van der Waals surface area contributed by atoms with Crippen molar-refractivity contribution in [2.24, 2.45) is 0 Å². The summed E-state index contributed by atoms with van der Waals surface area (Å²) in [5.74, 6) is -0.890. The van der Waals surface area contributed by atoms with Gasteiger partial charge in [-0.25, -0.2) is 9.59 Å². The molecular weight excluding hydrogens is 308 g/mol. The van der Waals surface area contributed by atoms with Gasteiger partial charge in [-0.1, -0.05) is 36.4 Å². The number of esters is 2. The van der Waals surface area contributed by atoms with Crippen molar-refractivity contribution in [1.82, 2.24) is 0 Å². The molecule has 0 aliphatic heterocycles. The van der Waals surface area contributed by atoms with Crippen LogP contribution in [-0.2, 0) is 14.2 Å². The van der Waals surface area contributed by atoms with Gasteiger partial charge in [-0.05, 0) is 31.2 Å². The van der Waals surface area contributed by atoms with Crippen molar-refractivity contribution in [1.29, 1.82) is 0 Å². The lowest BCUT2D eigenvalue weighted by molar-refractivity contribution is -0.0546. The Morgan fingerprint density at radius 3 is 1.88 bits per heavy atom. The molecule has 126 valence electrons. The summed E-state index contributed by atoms with van der Waals surface area (Å²) in [5.41, 5.74) is 0.918. The first kappa shape index (κ1) is 17.7. The number of carbonyl (C=O) groups excluding carboxylic acids is 2. The highest BCUT2D eigenvalue weighted by atomic mass is 16.6. The molecule has 2 aromatic rings. The topological polar surface area (TPSA) is 61.8 Å². The maximum atomic E-state index is 12.0. The molecule has 0 fully saturated rings. The second-order valence-corrected chi connectivity index (χ2v) is 5.22. The number of hydrogen-bond donors (Lipinski definition) is 0. The Balaban J connectivity index is 1.88. The zero-order valence-corrected chi connectivity index (χ0v) is 13.7. The largest absolute Gasteiger partial charge is 0.459 e. The fourth-order valence-electron chi connectivity index (χ4n) is 2.10. The van der Waals surface area contributed by atoms with Crippen LogP contribution in [0.5, 0.6) is 0 Å². The summed E-state index contributed by atoms with van der Waals surface area (Å²) in [6.07, 6.45) is -1.11. The van der Waals surface area contributed by atoms with Crippen molar-refractivity contribution in [2.45, 2.75) is 19.1 Å². The Morgan fingerprint density at radius 1 is 0.875 bits per heavy atom. The van der Waals surface area contributed by atoms with Gasteiger partial charge in [-0.2, -0.15) is 0 Å². The summed E-state index contributed by atoms with van der Waals surface area (Å²) in [5, 5.41) is 0. The minimum absolute atomic E-state index is 0.00648. The van der Waals surface area contributed by atoms with Crippen LogP contribution in [0.3, 0.4) is 0 Å². The molecule has 2 unspecified atom stereocenters. The number of methoxy groups -OCH3 is 1. The van der Waals surface area contributed by atoms with Gasteiger partial charge < -0.3 is 14.2 Å². The second-order valence-electron chi connectivity index (χ2n) is 5.22. The van der Waals surface area contributed by atoms with E-state index < -0.39 is 24.1 Å². The summed E-state index contributed by atoms with van der Waals surface area (Å²) in [6, 6.07) is 17.4. The lowest BCUT2D eigenvalue weighted by atomic mass is 10.2. The maximum absolute atomic E-state index is 12.0. The van der Waals surface area contributed by atoms with Crippen molar-refractivity contribution in [3.63, 3.8) is 0 Å². The van der Waals surface area contributed by atoms with Crippen molar-refractivity contribution >= 4 is 11.9 Å². The Morgan fingerprint density at radius 2 is 1.38 bits per heavy atom. The summed E-state index contributed by atoms with van der Waals surface area (Å²) in [7, 11) is 1.48. The molecule has 0 saturated carbocycles. The fraction of sp³-hybridized carbons (Fsp3) is 0.263. The van der Waals surface area contributed by atoms with Gasteiger partial charge in [0.15, 0.2) is 0 Å². The third kappa shape index (κ3) is 4.93. The van der Waals surface area contributed by atoms with Crippen LogP contribution in [0.4, 0.5) is 0 Å². The zero-order valence-electron chi connectivity index (χ0n) is 13.7. The van der Waals surface area contributed by atoms with Gasteiger partial charge in [-0.15, -0.1) is 0 Å². The molecular formula is C19H20O5. The lowest BCUT2D eigenvalue weighted by Crippen LogP contribution is -2.35. The highest BCUT2D eigenvalue weighted by Gasteiger charge is 2.23. The highest BCUT2D eigenvalue weighted by molar-refractivity contribution is 5.89. The van der Waals surface area contributed by atoms with Gasteiger partial charge in [0.1, 0.15) is 18.8 Å². The first-order chi connectivity index (χ1) is 11.6. The lowest BCUT2D eigenvalue weighted by Gasteiger charge is -2.22. The molecule has 24 heavy (non-hydrogen) atoms. The number of carbonyl (C=O) groups is 2. The first-order valence-corrected chi connectivity index (χ1v) is 7.63. The molecule has 0 aliphatic rings. The Hall–Kier alpha value is -2.66. The van der Waals surface area contributed by atoms with Crippen molar-refractivity contribution in [3.8, 4) is 0 Å². The predicted octanol–water partition coefficient (Wildman–Crippen LogP) is 3.10. The molecule has 0 amide bonds. The molecule has 0 aliphatic carbocycles. The van der Waals surface area contributed by atoms with Gasteiger partial charge in [0.2, 0.25) is 0 Å². The minimum Gasteiger partial charge on any atom is -0.459 e. The van der Waals surface area contributed by atoms with E-state index in [0.717, 1.165) is 0 Å². The Labute approximate surface area is 141 Å². The molecule has 2 aromatic carbocycles. The van der Waals surface area contributed by atoms with E-state index in [9.17, 15) is 9.59 Å². The summed E-state index contributed by atoms with van der Waals surface area (Å²) in [4.78, 5) is 24.0. The molecule has 5 heteroatoms. The SMILES string of the molecule is COC(COC(=O)c1ccccc1)C(C)OC(=O)c1ccccc1. The summed E-state index contributed by atoms with van der Waals surface area (Å²) in [6.45, 7) is 1.69. The predicted molar refractivity (Wildman–Crippen MR) is 88.8 cm³/mol. The normalized spacial score (nSPS) is 12.9. The number of ether oxygens (including phenoxy) is 3. The van der Waals surface area contributed by atoms with Crippen molar-refractivity contribution in [3.05, 3.63) is 71.8 Å². The van der Waals surface area contributed by atoms with Crippen LogP contribution < -0.4 is 0 Å². The van der Waals surface area contributed by atoms with E-state index in [-0.39, 0.29) is 6.61 Å². The molecule has 0 N–H and O–H groups in total. The monoisotopic (exact) mass is 328 g/mol. The Bertz CT molecular complexity index is 654. The standard InChI is InChI=1S/C19H20O5/c1-14(24-19(21)16-11-7-4-8-12-16)17(22-2)13-23-18(20)15-9-5-3-6-10-15/h3-12,14,17H,13H2,1-2H3. The van der Waals surface area contributed by atoms with E-state index in [4.69, 9.17) is 14.2 Å². The van der Waals surface area contributed by atoms with Crippen LogP contribution in [0.15, 0.2) is 60.7 Å². The summed E-state index contributed by atoms with van der Waals surface area (Å²) >= 11 is 0. The average molecular weight is 328 g/mol. The van der Waals surface area contributed by atoms with Crippen LogP contribution in [-0.4, -0.2) is 37.9 Å². The molecule has 5 nitrogen and oxygen atoms in total. The van der Waals surface area contributed by atoms with Gasteiger partial charge in [0, 0.05) is 7.11 Å². The maximum Gasteiger partial charge on any atom is 0.338 e. The molecule has 0 aromatic heterocycles.